The highest BCUT2D eigenvalue weighted by atomic mass is 19.1. The maximum Gasteiger partial charge on any atom is 0.149 e. The number of H-pyrrole nitrogens is 1. The average molecular weight is 370 g/mol. The number of halogens is 1. The van der Waals surface area contributed by atoms with Gasteiger partial charge in [0.2, 0.25) is 0 Å². The molecule has 0 bridgehead atoms. The van der Waals surface area contributed by atoms with Crippen LogP contribution in [0.4, 0.5) is 4.39 Å². The molecule has 0 saturated heterocycles. The second-order valence-electron chi connectivity index (χ2n) is 8.28. The van der Waals surface area contributed by atoms with Crippen LogP contribution in [0.15, 0.2) is 23.2 Å². The van der Waals surface area contributed by atoms with Gasteiger partial charge < -0.3 is 4.98 Å². The molecule has 4 nitrogen and oxygen atoms in total. The van der Waals surface area contributed by atoms with Crippen molar-refractivity contribution in [3.8, 4) is 0 Å². The molecule has 1 saturated carbocycles. The zero-order chi connectivity index (χ0) is 19.8. The summed E-state index contributed by atoms with van der Waals surface area (Å²) in [6, 6.07) is 4.72. The molecule has 1 fully saturated rings. The summed E-state index contributed by atoms with van der Waals surface area (Å²) in [5.74, 6) is -0.992. The first kappa shape index (κ1) is 19.5. The summed E-state index contributed by atoms with van der Waals surface area (Å²) in [6.45, 7) is 8.32. The molecule has 2 aromatic rings. The molecule has 0 spiro atoms. The van der Waals surface area contributed by atoms with Crippen molar-refractivity contribution in [1.82, 2.24) is 4.98 Å². The molecule has 0 unspecified atom stereocenters. The van der Waals surface area contributed by atoms with Gasteiger partial charge in [0.15, 0.2) is 0 Å². The van der Waals surface area contributed by atoms with Gasteiger partial charge in [-0.25, -0.2) is 4.39 Å². The Morgan fingerprint density at radius 1 is 1.33 bits per heavy atom. The third kappa shape index (κ3) is 4.02. The summed E-state index contributed by atoms with van der Waals surface area (Å²) in [5.41, 5.74) is 3.49. The number of aromatic amines is 1. The summed E-state index contributed by atoms with van der Waals surface area (Å²) < 4.78 is 13.6. The molecular weight excluding hydrogens is 343 g/mol. The maximum absolute atomic E-state index is 13.6. The third-order valence-electron chi connectivity index (χ3n) is 5.40. The summed E-state index contributed by atoms with van der Waals surface area (Å²) in [6.07, 6.45) is 2.07. The molecule has 1 aromatic carbocycles. The molecule has 1 aliphatic rings. The highest BCUT2D eigenvalue weighted by Crippen LogP contribution is 2.35. The van der Waals surface area contributed by atoms with E-state index in [1.165, 1.54) is 12.1 Å². The molecule has 0 aliphatic heterocycles. The fourth-order valence-electron chi connectivity index (χ4n) is 4.12. The van der Waals surface area contributed by atoms with Gasteiger partial charge >= 0.3 is 0 Å². The Labute approximate surface area is 159 Å². The fraction of sp³-hybridized carbons (Fsp3) is 0.500. The number of benzene rings is 1. The normalized spacial score (nSPS) is 21.1. The van der Waals surface area contributed by atoms with Crippen molar-refractivity contribution in [1.29, 1.82) is 0 Å². The molecule has 1 aromatic heterocycles. The van der Waals surface area contributed by atoms with Crippen molar-refractivity contribution in [2.24, 2.45) is 16.3 Å². The van der Waals surface area contributed by atoms with Gasteiger partial charge in [0.1, 0.15) is 23.3 Å². The zero-order valence-electron chi connectivity index (χ0n) is 16.5. The highest BCUT2D eigenvalue weighted by molar-refractivity contribution is 6.22. The average Bonchev–Trinajstić information content (AvgIpc) is 2.88. The number of hydrogen-bond donors (Lipinski definition) is 1. The van der Waals surface area contributed by atoms with E-state index in [4.69, 9.17) is 4.99 Å². The molecular formula is C22H27FN2O2. The maximum atomic E-state index is 13.6. The molecule has 1 heterocycles. The second kappa shape index (κ2) is 7.37. The van der Waals surface area contributed by atoms with Crippen LogP contribution < -0.4 is 0 Å². The van der Waals surface area contributed by atoms with E-state index in [9.17, 15) is 14.0 Å². The molecule has 27 heavy (non-hydrogen) atoms. The minimum atomic E-state index is -0.676. The van der Waals surface area contributed by atoms with Crippen LogP contribution in [-0.2, 0) is 16.0 Å². The van der Waals surface area contributed by atoms with E-state index >= 15 is 0 Å². The Kier molecular flexibility index (Phi) is 5.31. The number of fused-ring (bicyclic) bond motifs is 1. The number of carbonyl (C=O) groups excluding carboxylic acids is 2. The van der Waals surface area contributed by atoms with Crippen LogP contribution in [0.5, 0.6) is 0 Å². The molecule has 0 radical (unpaired) electrons. The molecule has 0 amide bonds. The van der Waals surface area contributed by atoms with Gasteiger partial charge in [0, 0.05) is 41.7 Å². The second-order valence-corrected chi connectivity index (χ2v) is 8.28. The number of aryl methyl sites for hydroxylation is 1. The Balaban J connectivity index is 1.85. The molecule has 144 valence electrons. The number of Topliss-reactive ketones (excluding diaryl/α,β-unsaturated/α-hetero) is 2. The van der Waals surface area contributed by atoms with E-state index in [2.05, 4.69) is 4.98 Å². The Hall–Kier alpha value is -2.30. The minimum Gasteiger partial charge on any atom is -0.358 e. The lowest BCUT2D eigenvalue weighted by molar-refractivity contribution is -0.131. The van der Waals surface area contributed by atoms with E-state index < -0.39 is 5.92 Å². The van der Waals surface area contributed by atoms with Gasteiger partial charge in [-0.2, -0.15) is 0 Å². The van der Waals surface area contributed by atoms with Crippen LogP contribution in [0.2, 0.25) is 0 Å². The third-order valence-corrected chi connectivity index (χ3v) is 5.40. The summed E-state index contributed by atoms with van der Waals surface area (Å²) >= 11 is 0. The van der Waals surface area contributed by atoms with Gasteiger partial charge in [-0.1, -0.05) is 20.8 Å². The zero-order valence-corrected chi connectivity index (χ0v) is 16.5. The van der Waals surface area contributed by atoms with E-state index in [0.29, 0.717) is 37.9 Å². The van der Waals surface area contributed by atoms with Crippen LogP contribution in [0.25, 0.3) is 10.9 Å². The summed E-state index contributed by atoms with van der Waals surface area (Å²) in [4.78, 5) is 32.8. The van der Waals surface area contributed by atoms with Gasteiger partial charge in [-0.3, -0.25) is 14.6 Å². The van der Waals surface area contributed by atoms with E-state index in [1.54, 1.807) is 13.0 Å². The van der Waals surface area contributed by atoms with E-state index in [0.717, 1.165) is 22.2 Å². The largest absolute Gasteiger partial charge is 0.358 e. The minimum absolute atomic E-state index is 0.0119. The van der Waals surface area contributed by atoms with Gasteiger partial charge in [0.05, 0.1) is 0 Å². The number of hydrogen-bond acceptors (Lipinski definition) is 3. The number of ketones is 2. The van der Waals surface area contributed by atoms with Crippen molar-refractivity contribution in [3.63, 3.8) is 0 Å². The first-order valence-electron chi connectivity index (χ1n) is 9.57. The number of nitrogens with zero attached hydrogens (tertiary/aromatic N) is 1. The summed E-state index contributed by atoms with van der Waals surface area (Å²) in [5, 5.41) is 0.869. The molecule has 3 rings (SSSR count). The van der Waals surface area contributed by atoms with Crippen LogP contribution in [0, 0.1) is 24.1 Å². The highest BCUT2D eigenvalue weighted by Gasteiger charge is 2.40. The molecule has 1 atom stereocenters. The number of aromatic nitrogens is 1. The van der Waals surface area contributed by atoms with Gasteiger partial charge in [0.25, 0.3) is 0 Å². The van der Waals surface area contributed by atoms with Crippen LogP contribution >= 0.6 is 0 Å². The molecule has 5 heteroatoms. The Morgan fingerprint density at radius 2 is 2.07 bits per heavy atom. The molecule has 1 N–H and O–H groups in total. The van der Waals surface area contributed by atoms with Crippen LogP contribution in [0.3, 0.4) is 0 Å². The number of aliphatic imine (C=N–C) groups is 1. The van der Waals surface area contributed by atoms with Crippen molar-refractivity contribution >= 4 is 28.2 Å². The van der Waals surface area contributed by atoms with Crippen molar-refractivity contribution in [2.75, 3.05) is 6.54 Å². The Morgan fingerprint density at radius 3 is 2.78 bits per heavy atom. The lowest BCUT2D eigenvalue weighted by Gasteiger charge is -2.34. The fourth-order valence-corrected chi connectivity index (χ4v) is 4.12. The predicted molar refractivity (Wildman–Crippen MR) is 106 cm³/mol. The quantitative estimate of drug-likeness (QED) is 0.783. The standard InChI is InChI=1S/C22H27FN2O2/c1-5-19(26)21-18(11-22(3,4)12-20(21)27)24-9-8-15-13(2)25-17-7-6-14(23)10-16(15)17/h6-7,10,21,25H,5,8-9,11-12H2,1-4H3/t21-/m1/s1. The predicted octanol–water partition coefficient (Wildman–Crippen LogP) is 4.58. The topological polar surface area (TPSA) is 62.3 Å². The first-order valence-corrected chi connectivity index (χ1v) is 9.57. The lowest BCUT2D eigenvalue weighted by Crippen LogP contribution is -2.42. The van der Waals surface area contributed by atoms with Crippen molar-refractivity contribution in [2.45, 2.75) is 53.4 Å². The smallest absolute Gasteiger partial charge is 0.149 e. The molecule has 1 aliphatic carbocycles. The Bertz CT molecular complexity index is 924. The first-order chi connectivity index (χ1) is 12.7. The van der Waals surface area contributed by atoms with Gasteiger partial charge in [-0.15, -0.1) is 0 Å². The number of nitrogens with one attached hydrogen (secondary N) is 1. The number of carbonyl (C=O) groups is 2. The number of rotatable bonds is 5. The van der Waals surface area contributed by atoms with Gasteiger partial charge in [-0.05, 0) is 48.9 Å². The monoisotopic (exact) mass is 370 g/mol. The summed E-state index contributed by atoms with van der Waals surface area (Å²) in [7, 11) is 0. The van der Waals surface area contributed by atoms with Crippen LogP contribution in [-0.4, -0.2) is 28.8 Å². The van der Waals surface area contributed by atoms with Crippen molar-refractivity contribution < 1.29 is 14.0 Å². The van der Waals surface area contributed by atoms with E-state index in [-0.39, 0.29) is 22.8 Å². The van der Waals surface area contributed by atoms with Crippen molar-refractivity contribution in [3.05, 3.63) is 35.3 Å². The lowest BCUT2D eigenvalue weighted by atomic mass is 9.69. The van der Waals surface area contributed by atoms with E-state index in [1.807, 2.05) is 20.8 Å². The van der Waals surface area contributed by atoms with Crippen LogP contribution in [0.1, 0.15) is 51.3 Å². The SMILES string of the molecule is CCC(=O)[C@@H]1C(=O)CC(C)(C)CC1=NCCc1c(C)[nH]c2ccc(F)cc12.